The fourth-order valence-corrected chi connectivity index (χ4v) is 2.53. The molecule has 1 aliphatic heterocycles. The molecule has 2 rings (SSSR count). The summed E-state index contributed by atoms with van der Waals surface area (Å²) in [6.45, 7) is 1.91. The summed E-state index contributed by atoms with van der Waals surface area (Å²) in [5, 5.41) is 0. The molecule has 4 heteroatoms. The van der Waals surface area contributed by atoms with Gasteiger partial charge in [0.2, 0.25) is 5.91 Å². The van der Waals surface area contributed by atoms with Crippen molar-refractivity contribution >= 4 is 5.91 Å². The van der Waals surface area contributed by atoms with Crippen molar-refractivity contribution in [3.05, 3.63) is 30.1 Å². The molecular weight excluding hydrogens is 228 g/mol. The molecule has 1 atom stereocenters. The molecule has 0 saturated carbocycles. The number of hydrogen-bond acceptors (Lipinski definition) is 3. The van der Waals surface area contributed by atoms with E-state index in [4.69, 9.17) is 4.74 Å². The summed E-state index contributed by atoms with van der Waals surface area (Å²) in [5.41, 5.74) is 1.25. The topological polar surface area (TPSA) is 42.4 Å². The molecule has 0 radical (unpaired) electrons. The molecule has 0 aliphatic carbocycles. The van der Waals surface area contributed by atoms with Crippen molar-refractivity contribution in [1.82, 2.24) is 9.88 Å². The zero-order valence-electron chi connectivity index (χ0n) is 10.8. The van der Waals surface area contributed by atoms with Crippen LogP contribution in [0, 0.1) is 5.92 Å². The van der Waals surface area contributed by atoms with Gasteiger partial charge in [0.05, 0.1) is 0 Å². The number of hydrogen-bond donors (Lipinski definition) is 0. The van der Waals surface area contributed by atoms with Gasteiger partial charge >= 0.3 is 0 Å². The van der Waals surface area contributed by atoms with Gasteiger partial charge in [-0.3, -0.25) is 9.78 Å². The van der Waals surface area contributed by atoms with Crippen LogP contribution in [0.1, 0.15) is 18.4 Å². The minimum Gasteiger partial charge on any atom is -0.375 e. The quantitative estimate of drug-likeness (QED) is 0.811. The van der Waals surface area contributed by atoms with E-state index in [1.807, 2.05) is 17.2 Å². The highest BCUT2D eigenvalue weighted by molar-refractivity contribution is 5.77. The standard InChI is InChI=1S/C14H20N2O2/c1-18-11-14(17)16-7-3-5-13(10-16)8-12-4-2-6-15-9-12/h2,4,6,9,13H,3,5,7-8,10-11H2,1H3/t13-/m0/s1. The fourth-order valence-electron chi connectivity index (χ4n) is 2.53. The van der Waals surface area contributed by atoms with Crippen LogP contribution in [0.15, 0.2) is 24.5 Å². The van der Waals surface area contributed by atoms with Crippen molar-refractivity contribution in [2.75, 3.05) is 26.8 Å². The number of carbonyl (C=O) groups is 1. The number of piperidine rings is 1. The lowest BCUT2D eigenvalue weighted by molar-refractivity contribution is -0.136. The molecule has 1 amide bonds. The smallest absolute Gasteiger partial charge is 0.248 e. The molecule has 1 fully saturated rings. The van der Waals surface area contributed by atoms with Crippen LogP contribution in [0.2, 0.25) is 0 Å². The Hall–Kier alpha value is -1.42. The largest absolute Gasteiger partial charge is 0.375 e. The first kappa shape index (κ1) is 13.0. The van der Waals surface area contributed by atoms with E-state index in [0.29, 0.717) is 5.92 Å². The van der Waals surface area contributed by atoms with Gasteiger partial charge in [-0.2, -0.15) is 0 Å². The van der Waals surface area contributed by atoms with Crippen LogP contribution in [0.4, 0.5) is 0 Å². The summed E-state index contributed by atoms with van der Waals surface area (Å²) in [5.74, 6) is 0.650. The van der Waals surface area contributed by atoms with E-state index < -0.39 is 0 Å². The van der Waals surface area contributed by atoms with Crippen LogP contribution in [0.3, 0.4) is 0 Å². The van der Waals surface area contributed by atoms with E-state index >= 15 is 0 Å². The summed E-state index contributed by atoms with van der Waals surface area (Å²) >= 11 is 0. The molecule has 1 aromatic rings. The molecule has 18 heavy (non-hydrogen) atoms. The Labute approximate surface area is 108 Å². The van der Waals surface area contributed by atoms with Crippen LogP contribution >= 0.6 is 0 Å². The number of nitrogens with zero attached hydrogens (tertiary/aromatic N) is 2. The minimum atomic E-state index is 0.105. The number of carbonyl (C=O) groups excluding carboxylic acids is 1. The second-order valence-corrected chi connectivity index (χ2v) is 4.85. The molecule has 0 spiro atoms. The van der Waals surface area contributed by atoms with Crippen molar-refractivity contribution in [2.24, 2.45) is 5.92 Å². The lowest BCUT2D eigenvalue weighted by atomic mass is 9.92. The maximum atomic E-state index is 11.8. The van der Waals surface area contributed by atoms with Gasteiger partial charge in [-0.25, -0.2) is 0 Å². The van der Waals surface area contributed by atoms with Crippen LogP contribution in [0.25, 0.3) is 0 Å². The van der Waals surface area contributed by atoms with Crippen LogP contribution in [-0.2, 0) is 16.0 Å². The zero-order chi connectivity index (χ0) is 12.8. The lowest BCUT2D eigenvalue weighted by Crippen LogP contribution is -2.42. The first-order valence-electron chi connectivity index (χ1n) is 6.45. The second kappa shape index (κ2) is 6.50. The van der Waals surface area contributed by atoms with E-state index in [1.54, 1.807) is 13.3 Å². The van der Waals surface area contributed by atoms with Gasteiger partial charge in [-0.05, 0) is 36.8 Å². The Bertz CT molecular complexity index is 381. The Balaban J connectivity index is 1.89. The Morgan fingerprint density at radius 3 is 3.22 bits per heavy atom. The van der Waals surface area contributed by atoms with Crippen molar-refractivity contribution in [2.45, 2.75) is 19.3 Å². The highest BCUT2D eigenvalue weighted by Crippen LogP contribution is 2.20. The number of likely N-dealkylation sites (tertiary alicyclic amines) is 1. The summed E-state index contributed by atoms with van der Waals surface area (Å²) in [6, 6.07) is 4.06. The van der Waals surface area contributed by atoms with Crippen LogP contribution in [0.5, 0.6) is 0 Å². The van der Waals surface area contributed by atoms with Gasteiger partial charge in [0.25, 0.3) is 0 Å². The molecular formula is C14H20N2O2. The molecule has 1 aromatic heterocycles. The SMILES string of the molecule is COCC(=O)N1CCC[C@@H](Cc2cccnc2)C1. The maximum Gasteiger partial charge on any atom is 0.248 e. The molecule has 4 nitrogen and oxygen atoms in total. The summed E-state index contributed by atoms with van der Waals surface area (Å²) in [7, 11) is 1.56. The van der Waals surface area contributed by atoms with Gasteiger partial charge in [0, 0.05) is 32.6 Å². The van der Waals surface area contributed by atoms with Gasteiger partial charge in [0.1, 0.15) is 6.61 Å². The molecule has 98 valence electrons. The second-order valence-electron chi connectivity index (χ2n) is 4.85. The van der Waals surface area contributed by atoms with E-state index in [-0.39, 0.29) is 12.5 Å². The summed E-state index contributed by atoms with van der Waals surface area (Å²) in [6.07, 6.45) is 6.98. The molecule has 0 bridgehead atoms. The average molecular weight is 248 g/mol. The normalized spacial score (nSPS) is 19.8. The third-order valence-corrected chi connectivity index (χ3v) is 3.39. The molecule has 0 unspecified atom stereocenters. The predicted octanol–water partition coefficient (Wildman–Crippen LogP) is 1.51. The molecule has 2 heterocycles. The van der Waals surface area contributed by atoms with Crippen LogP contribution in [-0.4, -0.2) is 42.6 Å². The number of aromatic nitrogens is 1. The Morgan fingerprint density at radius 2 is 2.50 bits per heavy atom. The maximum absolute atomic E-state index is 11.8. The first-order chi connectivity index (χ1) is 8.79. The Morgan fingerprint density at radius 1 is 1.61 bits per heavy atom. The molecule has 1 saturated heterocycles. The highest BCUT2D eigenvalue weighted by atomic mass is 16.5. The lowest BCUT2D eigenvalue weighted by Gasteiger charge is -2.32. The van der Waals surface area contributed by atoms with E-state index in [2.05, 4.69) is 11.1 Å². The number of methoxy groups -OCH3 is 1. The Kier molecular flexibility index (Phi) is 4.70. The van der Waals surface area contributed by atoms with Gasteiger partial charge in [0.15, 0.2) is 0 Å². The highest BCUT2D eigenvalue weighted by Gasteiger charge is 2.23. The predicted molar refractivity (Wildman–Crippen MR) is 69.1 cm³/mol. The molecule has 1 aliphatic rings. The molecule has 0 N–H and O–H groups in total. The fraction of sp³-hybridized carbons (Fsp3) is 0.571. The van der Waals surface area contributed by atoms with Crippen molar-refractivity contribution in [3.63, 3.8) is 0 Å². The number of rotatable bonds is 4. The average Bonchev–Trinajstić information content (AvgIpc) is 2.40. The minimum absolute atomic E-state index is 0.105. The van der Waals surface area contributed by atoms with Crippen molar-refractivity contribution in [1.29, 1.82) is 0 Å². The third-order valence-electron chi connectivity index (χ3n) is 3.39. The zero-order valence-corrected chi connectivity index (χ0v) is 10.8. The number of amides is 1. The monoisotopic (exact) mass is 248 g/mol. The summed E-state index contributed by atoms with van der Waals surface area (Å²) in [4.78, 5) is 17.8. The number of pyridine rings is 1. The third kappa shape index (κ3) is 3.53. The van der Waals surface area contributed by atoms with Crippen molar-refractivity contribution in [3.8, 4) is 0 Å². The van der Waals surface area contributed by atoms with Gasteiger partial charge in [-0.1, -0.05) is 6.07 Å². The van der Waals surface area contributed by atoms with E-state index in [1.165, 1.54) is 12.0 Å². The number of ether oxygens (including phenoxy) is 1. The first-order valence-corrected chi connectivity index (χ1v) is 6.45. The van der Waals surface area contributed by atoms with E-state index in [9.17, 15) is 4.79 Å². The van der Waals surface area contributed by atoms with Gasteiger partial charge in [-0.15, -0.1) is 0 Å². The van der Waals surface area contributed by atoms with E-state index in [0.717, 1.165) is 25.9 Å². The van der Waals surface area contributed by atoms with Crippen LogP contribution < -0.4 is 0 Å². The molecule has 0 aromatic carbocycles. The van der Waals surface area contributed by atoms with Crippen molar-refractivity contribution < 1.29 is 9.53 Å². The summed E-state index contributed by atoms with van der Waals surface area (Å²) < 4.78 is 4.91. The van der Waals surface area contributed by atoms with Gasteiger partial charge < -0.3 is 9.64 Å².